The average Bonchev–Trinajstić information content (AvgIpc) is 2.53. The van der Waals surface area contributed by atoms with Gasteiger partial charge in [-0.3, -0.25) is 9.59 Å². The molecule has 5 nitrogen and oxygen atoms in total. The summed E-state index contributed by atoms with van der Waals surface area (Å²) in [4.78, 5) is 22.0. The van der Waals surface area contributed by atoms with Crippen LogP contribution in [-0.4, -0.2) is 40.9 Å². The summed E-state index contributed by atoms with van der Waals surface area (Å²) in [5.41, 5.74) is -3.03. The van der Waals surface area contributed by atoms with Crippen LogP contribution in [0.3, 0.4) is 0 Å². The Morgan fingerprint density at radius 3 is 2.21 bits per heavy atom. The van der Waals surface area contributed by atoms with Crippen molar-refractivity contribution in [1.29, 1.82) is 0 Å². The molecule has 2 saturated heterocycles. The minimum absolute atomic E-state index is 0.112. The fourth-order valence-corrected chi connectivity index (χ4v) is 3.10. The van der Waals surface area contributed by atoms with Crippen LogP contribution in [0.2, 0.25) is 0 Å². The van der Waals surface area contributed by atoms with Crippen LogP contribution in [0.15, 0.2) is 0 Å². The number of aliphatic carboxylic acids is 1. The van der Waals surface area contributed by atoms with Crippen molar-refractivity contribution < 1.29 is 32.6 Å². The second-order valence-corrected chi connectivity index (χ2v) is 5.72. The topological polar surface area (TPSA) is 75.6 Å². The van der Waals surface area contributed by atoms with E-state index in [0.29, 0.717) is 0 Å². The van der Waals surface area contributed by atoms with Crippen molar-refractivity contribution in [2.24, 2.45) is 5.41 Å². The van der Waals surface area contributed by atoms with Gasteiger partial charge < -0.3 is 15.2 Å². The molecule has 19 heavy (non-hydrogen) atoms. The average molecular weight is 281 g/mol. The molecule has 0 atom stereocenters. The Labute approximate surface area is 107 Å². The number of hydrogen-bond acceptors (Lipinski definition) is 3. The van der Waals surface area contributed by atoms with Crippen molar-refractivity contribution in [2.75, 3.05) is 6.54 Å². The predicted molar refractivity (Wildman–Crippen MR) is 56.3 cm³/mol. The summed E-state index contributed by atoms with van der Waals surface area (Å²) in [6.07, 6.45) is -4.72. The maximum absolute atomic E-state index is 12.1. The van der Waals surface area contributed by atoms with Gasteiger partial charge in [-0.25, -0.2) is 0 Å². The summed E-state index contributed by atoms with van der Waals surface area (Å²) < 4.78 is 41.8. The van der Waals surface area contributed by atoms with Crippen molar-refractivity contribution in [3.63, 3.8) is 0 Å². The van der Waals surface area contributed by atoms with Crippen LogP contribution in [0.1, 0.15) is 26.7 Å². The van der Waals surface area contributed by atoms with Gasteiger partial charge in [0.1, 0.15) is 5.41 Å². The molecule has 0 spiro atoms. The molecule has 0 radical (unpaired) electrons. The van der Waals surface area contributed by atoms with Crippen LogP contribution in [0.25, 0.3) is 0 Å². The van der Waals surface area contributed by atoms with Crippen molar-refractivity contribution in [2.45, 2.75) is 44.1 Å². The zero-order valence-electron chi connectivity index (χ0n) is 10.4. The van der Waals surface area contributed by atoms with Crippen LogP contribution in [0.4, 0.5) is 13.2 Å². The molecule has 3 aliphatic rings. The Hall–Kier alpha value is -1.31. The molecule has 3 fully saturated rings. The highest BCUT2D eigenvalue weighted by atomic mass is 19.4. The van der Waals surface area contributed by atoms with Gasteiger partial charge in [-0.1, -0.05) is 0 Å². The second kappa shape index (κ2) is 3.62. The largest absolute Gasteiger partial charge is 0.481 e. The number of carboxylic acids is 1. The molecule has 1 saturated carbocycles. The van der Waals surface area contributed by atoms with Gasteiger partial charge in [-0.05, 0) is 26.7 Å². The third-order valence-corrected chi connectivity index (χ3v) is 4.11. The first kappa shape index (κ1) is 14.1. The van der Waals surface area contributed by atoms with Gasteiger partial charge in [-0.2, -0.15) is 13.2 Å². The minimum atomic E-state index is -4.95. The molecule has 0 aromatic rings. The molecule has 3 rings (SSSR count). The van der Waals surface area contributed by atoms with Crippen LogP contribution < -0.4 is 5.32 Å². The fraction of sp³-hybridized carbons (Fsp3) is 0.818. The van der Waals surface area contributed by atoms with E-state index in [4.69, 9.17) is 4.74 Å². The number of alkyl halides is 3. The Kier molecular flexibility index (Phi) is 2.69. The van der Waals surface area contributed by atoms with E-state index in [2.05, 4.69) is 0 Å². The summed E-state index contributed by atoms with van der Waals surface area (Å²) in [6, 6.07) is 0. The number of hydrogen-bond donors (Lipinski definition) is 2. The molecule has 0 aromatic carbocycles. The maximum Gasteiger partial charge on any atom is 0.471 e. The highest BCUT2D eigenvalue weighted by molar-refractivity contribution is 5.82. The predicted octanol–water partition coefficient (Wildman–Crippen LogP) is 1.08. The SMILES string of the molecule is CC1(C)OC2(CNC(=O)C(F)(F)F)CC1(C(=O)O)C2. The number of halogens is 3. The minimum Gasteiger partial charge on any atom is -0.481 e. The van der Waals surface area contributed by atoms with Crippen LogP contribution in [-0.2, 0) is 14.3 Å². The summed E-state index contributed by atoms with van der Waals surface area (Å²) in [6.45, 7) is 2.87. The number of carbonyl (C=O) groups excluding carboxylic acids is 1. The smallest absolute Gasteiger partial charge is 0.471 e. The lowest BCUT2D eigenvalue weighted by Crippen LogP contribution is -2.57. The van der Waals surface area contributed by atoms with E-state index in [-0.39, 0.29) is 19.4 Å². The van der Waals surface area contributed by atoms with Gasteiger partial charge in [0, 0.05) is 6.54 Å². The Morgan fingerprint density at radius 2 is 1.84 bits per heavy atom. The van der Waals surface area contributed by atoms with E-state index >= 15 is 0 Å². The molecule has 1 aliphatic carbocycles. The van der Waals surface area contributed by atoms with E-state index in [0.717, 1.165) is 0 Å². The molecule has 2 N–H and O–H groups in total. The molecule has 0 aromatic heterocycles. The summed E-state index contributed by atoms with van der Waals surface area (Å²) >= 11 is 0. The fourth-order valence-electron chi connectivity index (χ4n) is 3.10. The van der Waals surface area contributed by atoms with Gasteiger partial charge in [0.25, 0.3) is 0 Å². The first-order chi connectivity index (χ1) is 8.44. The molecular formula is C11H14F3NO4. The standard InChI is InChI=1S/C11H14F3NO4/c1-8(2)10(7(17)18)3-9(4-10,19-8)5-15-6(16)11(12,13)14/h3-5H2,1-2H3,(H,15,16)(H,17,18). The zero-order chi connectivity index (χ0) is 14.7. The van der Waals surface area contributed by atoms with E-state index in [1.54, 1.807) is 19.2 Å². The van der Waals surface area contributed by atoms with Crippen molar-refractivity contribution in [1.82, 2.24) is 5.32 Å². The number of amides is 1. The summed E-state index contributed by atoms with van der Waals surface area (Å²) in [5.74, 6) is -3.06. The van der Waals surface area contributed by atoms with E-state index in [9.17, 15) is 27.9 Å². The number of nitrogens with one attached hydrogen (secondary N) is 1. The number of carboxylic acid groups (broad SMARTS) is 1. The third-order valence-electron chi connectivity index (χ3n) is 4.11. The van der Waals surface area contributed by atoms with Crippen LogP contribution in [0.5, 0.6) is 0 Å². The maximum atomic E-state index is 12.1. The van der Waals surface area contributed by atoms with E-state index in [1.165, 1.54) is 0 Å². The molecule has 2 bridgehead atoms. The van der Waals surface area contributed by atoms with Crippen molar-refractivity contribution in [3.8, 4) is 0 Å². The van der Waals surface area contributed by atoms with Crippen molar-refractivity contribution >= 4 is 11.9 Å². The first-order valence-electron chi connectivity index (χ1n) is 5.73. The van der Waals surface area contributed by atoms with Gasteiger partial charge in [0.15, 0.2) is 0 Å². The molecule has 0 unspecified atom stereocenters. The van der Waals surface area contributed by atoms with Crippen LogP contribution >= 0.6 is 0 Å². The van der Waals surface area contributed by atoms with Crippen molar-refractivity contribution in [3.05, 3.63) is 0 Å². The lowest BCUT2D eigenvalue weighted by Gasteiger charge is -2.43. The van der Waals surface area contributed by atoms with Crippen LogP contribution in [0, 0.1) is 5.41 Å². The van der Waals surface area contributed by atoms with Gasteiger partial charge in [0.2, 0.25) is 0 Å². The molecule has 108 valence electrons. The second-order valence-electron chi connectivity index (χ2n) is 5.72. The molecular weight excluding hydrogens is 267 g/mol. The zero-order valence-corrected chi connectivity index (χ0v) is 10.4. The third kappa shape index (κ3) is 1.89. The normalized spacial score (nSPS) is 35.6. The molecule has 2 aliphatic heterocycles. The lowest BCUT2D eigenvalue weighted by atomic mass is 9.56. The highest BCUT2D eigenvalue weighted by Crippen LogP contribution is 2.66. The number of fused-ring (bicyclic) bond motifs is 1. The quantitative estimate of drug-likeness (QED) is 0.811. The Morgan fingerprint density at radius 1 is 1.32 bits per heavy atom. The number of carbonyl (C=O) groups is 2. The lowest BCUT2D eigenvalue weighted by molar-refractivity contribution is -0.175. The molecule has 1 amide bonds. The highest BCUT2D eigenvalue weighted by Gasteiger charge is 2.75. The van der Waals surface area contributed by atoms with Gasteiger partial charge >= 0.3 is 18.1 Å². The summed E-state index contributed by atoms with van der Waals surface area (Å²) in [7, 11) is 0. The number of rotatable bonds is 3. The Balaban J connectivity index is 2.03. The molecule has 2 heterocycles. The van der Waals surface area contributed by atoms with Gasteiger partial charge in [-0.15, -0.1) is 0 Å². The van der Waals surface area contributed by atoms with E-state index in [1.807, 2.05) is 0 Å². The number of ether oxygens (including phenoxy) is 1. The summed E-state index contributed by atoms with van der Waals surface area (Å²) in [5, 5.41) is 11.0. The molecule has 8 heteroatoms. The van der Waals surface area contributed by atoms with E-state index < -0.39 is 34.7 Å². The first-order valence-corrected chi connectivity index (χ1v) is 5.73. The Bertz CT molecular complexity index is 438. The van der Waals surface area contributed by atoms with Gasteiger partial charge in [0.05, 0.1) is 11.2 Å². The monoisotopic (exact) mass is 281 g/mol.